The first kappa shape index (κ1) is 21.3. The Morgan fingerprint density at radius 1 is 1.16 bits per heavy atom. The van der Waals surface area contributed by atoms with Crippen molar-refractivity contribution in [2.45, 2.75) is 32.7 Å². The lowest BCUT2D eigenvalue weighted by Crippen LogP contribution is -2.50. The van der Waals surface area contributed by atoms with Gasteiger partial charge in [-0.25, -0.2) is 0 Å². The van der Waals surface area contributed by atoms with Gasteiger partial charge in [0.1, 0.15) is 5.75 Å². The molecule has 1 fully saturated rings. The minimum Gasteiger partial charge on any atom is -0.493 e. The molecule has 140 valence electrons. The van der Waals surface area contributed by atoms with Crippen LogP contribution in [0.4, 0.5) is 0 Å². The molecule has 0 bridgehead atoms. The van der Waals surface area contributed by atoms with E-state index in [1.54, 1.807) is 11.0 Å². The Labute approximate surface area is 155 Å². The lowest BCUT2D eigenvalue weighted by Gasteiger charge is -2.35. The highest BCUT2D eigenvalue weighted by Crippen LogP contribution is 2.20. The van der Waals surface area contributed by atoms with E-state index >= 15 is 0 Å². The number of piperazine rings is 1. The number of carbonyl (C=O) groups excluding carboxylic acids is 2. The Kier molecular flexibility index (Phi) is 8.72. The van der Waals surface area contributed by atoms with E-state index in [-0.39, 0.29) is 30.3 Å². The molecule has 1 aromatic carbocycles. The number of hydrogen-bond acceptors (Lipinski definition) is 4. The number of benzene rings is 1. The van der Waals surface area contributed by atoms with Gasteiger partial charge in [-0.15, -0.1) is 12.4 Å². The number of hydrogen-bond donors (Lipinski definition) is 1. The minimum absolute atomic E-state index is 0. The fourth-order valence-corrected chi connectivity index (χ4v) is 2.76. The highest BCUT2D eigenvalue weighted by atomic mass is 35.5. The van der Waals surface area contributed by atoms with Gasteiger partial charge in [0.15, 0.2) is 0 Å². The first-order chi connectivity index (χ1) is 11.5. The summed E-state index contributed by atoms with van der Waals surface area (Å²) in [5.41, 5.74) is 6.28. The van der Waals surface area contributed by atoms with Gasteiger partial charge >= 0.3 is 0 Å². The van der Waals surface area contributed by atoms with Gasteiger partial charge in [-0.2, -0.15) is 0 Å². The van der Waals surface area contributed by atoms with Crippen LogP contribution in [-0.4, -0.2) is 60.4 Å². The molecular formula is C18H28ClN3O3. The molecule has 2 rings (SSSR count). The average Bonchev–Trinajstić information content (AvgIpc) is 2.60. The number of rotatable bonds is 6. The number of carbonyl (C=O) groups is 2. The van der Waals surface area contributed by atoms with Crippen LogP contribution in [0.2, 0.25) is 0 Å². The SMILES string of the molecule is CCOc1ccccc1C(=O)N1CCN(C(=O)CCC(C)N)CC1.Cl. The maximum atomic E-state index is 12.7. The van der Waals surface area contributed by atoms with Crippen LogP contribution < -0.4 is 10.5 Å². The number of ether oxygens (including phenoxy) is 1. The fraction of sp³-hybridized carbons (Fsp3) is 0.556. The standard InChI is InChI=1S/C18H27N3O3.ClH/c1-3-24-16-7-5-4-6-15(16)18(23)21-12-10-20(11-13-21)17(22)9-8-14(2)19;/h4-7,14H,3,8-13,19H2,1-2H3;1H. The van der Waals surface area contributed by atoms with Gasteiger partial charge in [-0.05, 0) is 32.4 Å². The van der Waals surface area contributed by atoms with Crippen molar-refractivity contribution in [3.63, 3.8) is 0 Å². The van der Waals surface area contributed by atoms with Crippen molar-refractivity contribution in [3.8, 4) is 5.75 Å². The zero-order valence-electron chi connectivity index (χ0n) is 14.9. The molecule has 0 spiro atoms. The van der Waals surface area contributed by atoms with E-state index in [9.17, 15) is 9.59 Å². The molecular weight excluding hydrogens is 342 g/mol. The van der Waals surface area contributed by atoms with Crippen LogP contribution in [-0.2, 0) is 4.79 Å². The van der Waals surface area contributed by atoms with Gasteiger partial charge < -0.3 is 20.3 Å². The smallest absolute Gasteiger partial charge is 0.257 e. The van der Waals surface area contributed by atoms with Crippen LogP contribution in [0.5, 0.6) is 5.75 Å². The Hall–Kier alpha value is -1.79. The summed E-state index contributed by atoms with van der Waals surface area (Å²) in [5.74, 6) is 0.691. The number of nitrogens with two attached hydrogens (primary N) is 1. The molecule has 2 amide bonds. The second kappa shape index (κ2) is 10.3. The zero-order chi connectivity index (χ0) is 17.5. The lowest BCUT2D eigenvalue weighted by molar-refractivity contribution is -0.132. The van der Waals surface area contributed by atoms with E-state index < -0.39 is 0 Å². The van der Waals surface area contributed by atoms with Crippen LogP contribution in [0.3, 0.4) is 0 Å². The molecule has 1 saturated heterocycles. The highest BCUT2D eigenvalue weighted by molar-refractivity contribution is 5.97. The molecule has 25 heavy (non-hydrogen) atoms. The van der Waals surface area contributed by atoms with E-state index in [1.165, 1.54) is 0 Å². The summed E-state index contributed by atoms with van der Waals surface area (Å²) < 4.78 is 5.54. The molecule has 0 aromatic heterocycles. The molecule has 0 saturated carbocycles. The van der Waals surface area contributed by atoms with Gasteiger partial charge in [0.2, 0.25) is 5.91 Å². The van der Waals surface area contributed by atoms with Gasteiger partial charge in [-0.1, -0.05) is 12.1 Å². The fourth-order valence-electron chi connectivity index (χ4n) is 2.76. The summed E-state index contributed by atoms with van der Waals surface area (Å²) in [5, 5.41) is 0. The Morgan fingerprint density at radius 3 is 2.36 bits per heavy atom. The monoisotopic (exact) mass is 369 g/mol. The van der Waals surface area contributed by atoms with Gasteiger partial charge in [-0.3, -0.25) is 9.59 Å². The summed E-state index contributed by atoms with van der Waals surface area (Å²) in [7, 11) is 0. The molecule has 1 atom stereocenters. The van der Waals surface area contributed by atoms with Crippen molar-refractivity contribution < 1.29 is 14.3 Å². The number of nitrogens with zero attached hydrogens (tertiary/aromatic N) is 2. The molecule has 7 heteroatoms. The predicted octanol–water partition coefficient (Wildman–Crippen LogP) is 1.92. The first-order valence-corrected chi connectivity index (χ1v) is 8.57. The Balaban J connectivity index is 0.00000312. The van der Waals surface area contributed by atoms with E-state index in [2.05, 4.69) is 0 Å². The van der Waals surface area contributed by atoms with E-state index in [0.717, 1.165) is 0 Å². The molecule has 1 aliphatic heterocycles. The van der Waals surface area contributed by atoms with Crippen LogP contribution in [0.25, 0.3) is 0 Å². The third kappa shape index (κ3) is 5.90. The largest absolute Gasteiger partial charge is 0.493 e. The number of halogens is 1. The molecule has 1 heterocycles. The topological polar surface area (TPSA) is 75.9 Å². The van der Waals surface area contributed by atoms with Crippen molar-refractivity contribution in [1.82, 2.24) is 9.80 Å². The molecule has 6 nitrogen and oxygen atoms in total. The molecule has 1 aliphatic rings. The third-order valence-corrected chi connectivity index (χ3v) is 4.15. The minimum atomic E-state index is -0.0401. The second-order valence-corrected chi connectivity index (χ2v) is 6.12. The number of amides is 2. The van der Waals surface area contributed by atoms with Gasteiger partial charge in [0.05, 0.1) is 12.2 Å². The lowest BCUT2D eigenvalue weighted by atomic mass is 10.1. The van der Waals surface area contributed by atoms with Crippen molar-refractivity contribution in [2.24, 2.45) is 5.73 Å². The zero-order valence-corrected chi connectivity index (χ0v) is 15.8. The maximum Gasteiger partial charge on any atom is 0.257 e. The predicted molar refractivity (Wildman–Crippen MR) is 100 cm³/mol. The summed E-state index contributed by atoms with van der Waals surface area (Å²) in [6.07, 6.45) is 1.17. The summed E-state index contributed by atoms with van der Waals surface area (Å²) in [6.45, 7) is 6.55. The van der Waals surface area contributed by atoms with Crippen molar-refractivity contribution >= 4 is 24.2 Å². The molecule has 0 radical (unpaired) electrons. The first-order valence-electron chi connectivity index (χ1n) is 8.57. The quantitative estimate of drug-likeness (QED) is 0.831. The maximum absolute atomic E-state index is 12.7. The third-order valence-electron chi connectivity index (χ3n) is 4.15. The normalized spacial score (nSPS) is 15.3. The summed E-state index contributed by atoms with van der Waals surface area (Å²) in [4.78, 5) is 28.5. The van der Waals surface area contributed by atoms with E-state index in [1.807, 2.05) is 36.9 Å². The van der Waals surface area contributed by atoms with E-state index in [0.29, 0.717) is 56.9 Å². The Bertz CT molecular complexity index is 572. The van der Waals surface area contributed by atoms with Crippen molar-refractivity contribution in [3.05, 3.63) is 29.8 Å². The molecule has 1 unspecified atom stereocenters. The summed E-state index contributed by atoms with van der Waals surface area (Å²) >= 11 is 0. The molecule has 0 aliphatic carbocycles. The van der Waals surface area contributed by atoms with Crippen LogP contribution in [0.1, 0.15) is 37.0 Å². The number of para-hydroxylation sites is 1. The van der Waals surface area contributed by atoms with Crippen molar-refractivity contribution in [1.29, 1.82) is 0 Å². The van der Waals surface area contributed by atoms with Crippen LogP contribution >= 0.6 is 12.4 Å². The average molecular weight is 370 g/mol. The van der Waals surface area contributed by atoms with Crippen molar-refractivity contribution in [2.75, 3.05) is 32.8 Å². The van der Waals surface area contributed by atoms with Gasteiger partial charge in [0.25, 0.3) is 5.91 Å². The Morgan fingerprint density at radius 2 is 1.76 bits per heavy atom. The van der Waals surface area contributed by atoms with Crippen LogP contribution in [0, 0.1) is 0 Å². The molecule has 1 aromatic rings. The molecule has 2 N–H and O–H groups in total. The second-order valence-electron chi connectivity index (χ2n) is 6.12. The summed E-state index contributed by atoms with van der Waals surface area (Å²) in [6, 6.07) is 7.32. The van der Waals surface area contributed by atoms with Gasteiger partial charge in [0, 0.05) is 38.6 Å². The van der Waals surface area contributed by atoms with Crippen LogP contribution in [0.15, 0.2) is 24.3 Å². The highest BCUT2D eigenvalue weighted by Gasteiger charge is 2.26. The van der Waals surface area contributed by atoms with E-state index in [4.69, 9.17) is 10.5 Å².